The first kappa shape index (κ1) is 21.6. The van der Waals surface area contributed by atoms with Gasteiger partial charge in [0, 0.05) is 36.0 Å². The fourth-order valence-corrected chi connectivity index (χ4v) is 2.82. The Morgan fingerprint density at radius 3 is 2.72 bits per heavy atom. The average molecular weight is 472 g/mol. The number of guanidine groups is 1. The zero-order valence-electron chi connectivity index (χ0n) is 14.6. The number of ether oxygens (including phenoxy) is 1. The highest BCUT2D eigenvalue weighted by Gasteiger charge is 2.00. The highest BCUT2D eigenvalue weighted by atomic mass is 127. The van der Waals surface area contributed by atoms with Gasteiger partial charge >= 0.3 is 0 Å². The van der Waals surface area contributed by atoms with Crippen LogP contribution in [0, 0.1) is 0 Å². The quantitative estimate of drug-likeness (QED) is 0.202. The molecule has 0 atom stereocenters. The monoisotopic (exact) mass is 472 g/mol. The van der Waals surface area contributed by atoms with Gasteiger partial charge in [-0.05, 0) is 30.7 Å². The molecule has 0 radical (unpaired) electrons. The van der Waals surface area contributed by atoms with Crippen LogP contribution in [0.4, 0.5) is 0 Å². The van der Waals surface area contributed by atoms with Gasteiger partial charge in [-0.25, -0.2) is 9.98 Å². The first-order valence-corrected chi connectivity index (χ1v) is 8.99. The molecule has 5 nitrogen and oxygen atoms in total. The third kappa shape index (κ3) is 8.44. The van der Waals surface area contributed by atoms with E-state index in [1.54, 1.807) is 13.3 Å². The van der Waals surface area contributed by atoms with Gasteiger partial charge in [0.25, 0.3) is 0 Å². The van der Waals surface area contributed by atoms with Gasteiger partial charge in [-0.2, -0.15) is 0 Å². The van der Waals surface area contributed by atoms with E-state index in [1.165, 1.54) is 4.90 Å². The van der Waals surface area contributed by atoms with E-state index < -0.39 is 0 Å². The molecule has 0 amide bonds. The van der Waals surface area contributed by atoms with Gasteiger partial charge in [0.2, 0.25) is 5.88 Å². The molecule has 0 saturated carbocycles. The number of halogens is 1. The van der Waals surface area contributed by atoms with E-state index in [2.05, 4.69) is 51.8 Å². The number of nitrogens with zero attached hydrogens (tertiary/aromatic N) is 2. The second kappa shape index (κ2) is 12.8. The minimum absolute atomic E-state index is 0. The summed E-state index contributed by atoms with van der Waals surface area (Å²) in [6, 6.07) is 14.3. The van der Waals surface area contributed by atoms with Crippen LogP contribution in [-0.2, 0) is 6.54 Å². The van der Waals surface area contributed by atoms with Crippen molar-refractivity contribution in [3.05, 3.63) is 54.2 Å². The Morgan fingerprint density at radius 2 is 2.00 bits per heavy atom. The minimum Gasteiger partial charge on any atom is -0.481 e. The Kier molecular flexibility index (Phi) is 11.1. The molecular formula is C18H25IN4OS. The summed E-state index contributed by atoms with van der Waals surface area (Å²) < 4.78 is 5.14. The van der Waals surface area contributed by atoms with Gasteiger partial charge < -0.3 is 15.4 Å². The molecule has 0 spiro atoms. The van der Waals surface area contributed by atoms with Crippen LogP contribution in [0.15, 0.2) is 58.5 Å². The number of aliphatic imine (C=N–C) groups is 1. The van der Waals surface area contributed by atoms with Crippen LogP contribution in [0.3, 0.4) is 0 Å². The summed E-state index contributed by atoms with van der Waals surface area (Å²) in [6.07, 6.45) is 1.74. The van der Waals surface area contributed by atoms with E-state index in [4.69, 9.17) is 4.74 Å². The fraction of sp³-hybridized carbons (Fsp3) is 0.333. The Labute approximate surface area is 171 Å². The molecule has 1 aromatic carbocycles. The Hall–Kier alpha value is -1.48. The van der Waals surface area contributed by atoms with Crippen molar-refractivity contribution in [2.24, 2.45) is 4.99 Å². The highest BCUT2D eigenvalue weighted by molar-refractivity contribution is 14.0. The third-order valence-corrected chi connectivity index (χ3v) is 4.19. The molecule has 0 bridgehead atoms. The zero-order chi connectivity index (χ0) is 17.0. The van der Waals surface area contributed by atoms with Crippen LogP contribution in [0.25, 0.3) is 0 Å². The summed E-state index contributed by atoms with van der Waals surface area (Å²) in [5.41, 5.74) is 1.07. The molecule has 2 aromatic rings. The molecular weight excluding hydrogens is 447 g/mol. The van der Waals surface area contributed by atoms with Crippen molar-refractivity contribution in [1.29, 1.82) is 0 Å². The van der Waals surface area contributed by atoms with E-state index in [9.17, 15) is 0 Å². The third-order valence-electron chi connectivity index (χ3n) is 3.18. The van der Waals surface area contributed by atoms with Crippen molar-refractivity contribution in [3.8, 4) is 5.88 Å². The highest BCUT2D eigenvalue weighted by Crippen LogP contribution is 2.15. The van der Waals surface area contributed by atoms with Crippen molar-refractivity contribution in [1.82, 2.24) is 15.6 Å². The van der Waals surface area contributed by atoms with Gasteiger partial charge in [0.1, 0.15) is 0 Å². The molecule has 7 heteroatoms. The Balaban J connectivity index is 0.00000312. The van der Waals surface area contributed by atoms with Crippen molar-refractivity contribution >= 4 is 41.7 Å². The minimum atomic E-state index is 0. The van der Waals surface area contributed by atoms with Crippen molar-refractivity contribution in [3.63, 3.8) is 0 Å². The second-order valence-electron chi connectivity index (χ2n) is 4.99. The maximum atomic E-state index is 5.14. The van der Waals surface area contributed by atoms with Gasteiger partial charge in [-0.1, -0.05) is 18.2 Å². The molecule has 2 N–H and O–H groups in total. The topological polar surface area (TPSA) is 58.5 Å². The van der Waals surface area contributed by atoms with E-state index >= 15 is 0 Å². The first-order valence-electron chi connectivity index (χ1n) is 8.00. The average Bonchev–Trinajstić information content (AvgIpc) is 2.64. The summed E-state index contributed by atoms with van der Waals surface area (Å²) in [5, 5.41) is 6.62. The standard InChI is InChI=1S/C18H24N4OS.HI/c1-3-19-18(21-11-12-24-16-7-5-4-6-8-16)22-14-15-9-10-20-17(13-15)23-2;/h4-10,13H,3,11-12,14H2,1-2H3,(H2,19,21,22);1H. The number of hydrogen-bond acceptors (Lipinski definition) is 4. The number of methoxy groups -OCH3 is 1. The van der Waals surface area contributed by atoms with E-state index in [-0.39, 0.29) is 24.0 Å². The lowest BCUT2D eigenvalue weighted by molar-refractivity contribution is 0.397. The van der Waals surface area contributed by atoms with Gasteiger partial charge in [-0.15, -0.1) is 35.7 Å². The molecule has 0 saturated heterocycles. The molecule has 136 valence electrons. The number of aromatic nitrogens is 1. The molecule has 0 aliphatic rings. The predicted octanol–water partition coefficient (Wildman–Crippen LogP) is 3.56. The SMILES string of the molecule is CCNC(=NCc1ccnc(OC)c1)NCCSc1ccccc1.I. The molecule has 0 fully saturated rings. The summed E-state index contributed by atoms with van der Waals surface area (Å²) in [4.78, 5) is 9.99. The number of nitrogens with one attached hydrogen (secondary N) is 2. The van der Waals surface area contributed by atoms with Gasteiger partial charge in [-0.3, -0.25) is 0 Å². The van der Waals surface area contributed by atoms with Crippen LogP contribution in [0.1, 0.15) is 12.5 Å². The summed E-state index contributed by atoms with van der Waals surface area (Å²) >= 11 is 1.83. The smallest absolute Gasteiger partial charge is 0.213 e. The summed E-state index contributed by atoms with van der Waals surface area (Å²) in [7, 11) is 1.62. The Morgan fingerprint density at radius 1 is 1.20 bits per heavy atom. The molecule has 25 heavy (non-hydrogen) atoms. The van der Waals surface area contributed by atoms with E-state index in [1.807, 2.05) is 30.0 Å². The Bertz CT molecular complexity index is 640. The maximum Gasteiger partial charge on any atom is 0.213 e. The molecule has 2 rings (SSSR count). The number of rotatable bonds is 8. The predicted molar refractivity (Wildman–Crippen MR) is 116 cm³/mol. The molecule has 0 unspecified atom stereocenters. The molecule has 1 aromatic heterocycles. The van der Waals surface area contributed by atoms with Crippen molar-refractivity contribution in [2.45, 2.75) is 18.4 Å². The summed E-state index contributed by atoms with van der Waals surface area (Å²) in [5.74, 6) is 2.42. The van der Waals surface area contributed by atoms with Gasteiger partial charge in [0.05, 0.1) is 13.7 Å². The number of thioether (sulfide) groups is 1. The van der Waals surface area contributed by atoms with Gasteiger partial charge in [0.15, 0.2) is 5.96 Å². The first-order chi connectivity index (χ1) is 11.8. The lowest BCUT2D eigenvalue weighted by atomic mass is 10.3. The normalized spacial score (nSPS) is 10.7. The number of hydrogen-bond donors (Lipinski definition) is 2. The molecule has 0 aliphatic heterocycles. The fourth-order valence-electron chi connectivity index (χ4n) is 2.03. The van der Waals surface area contributed by atoms with Crippen LogP contribution in [-0.4, -0.2) is 36.9 Å². The second-order valence-corrected chi connectivity index (χ2v) is 6.16. The van der Waals surface area contributed by atoms with Crippen LogP contribution >= 0.6 is 35.7 Å². The molecule has 1 heterocycles. The van der Waals surface area contributed by atoms with Crippen LogP contribution < -0.4 is 15.4 Å². The molecule has 0 aliphatic carbocycles. The maximum absolute atomic E-state index is 5.14. The van der Waals surface area contributed by atoms with Crippen molar-refractivity contribution in [2.75, 3.05) is 26.0 Å². The number of benzene rings is 1. The summed E-state index contributed by atoms with van der Waals surface area (Å²) in [6.45, 7) is 4.33. The number of pyridine rings is 1. The lowest BCUT2D eigenvalue weighted by Gasteiger charge is -2.11. The van der Waals surface area contributed by atoms with Crippen LogP contribution in [0.2, 0.25) is 0 Å². The zero-order valence-corrected chi connectivity index (χ0v) is 17.7. The van der Waals surface area contributed by atoms with E-state index in [0.717, 1.165) is 30.4 Å². The lowest BCUT2D eigenvalue weighted by Crippen LogP contribution is -2.38. The van der Waals surface area contributed by atoms with Crippen LogP contribution in [0.5, 0.6) is 5.88 Å². The van der Waals surface area contributed by atoms with Crippen molar-refractivity contribution < 1.29 is 4.74 Å². The van der Waals surface area contributed by atoms with E-state index in [0.29, 0.717) is 12.4 Å². The largest absolute Gasteiger partial charge is 0.481 e.